The Morgan fingerprint density at radius 1 is 1.13 bits per heavy atom. The van der Waals surface area contributed by atoms with Gasteiger partial charge in [0.15, 0.2) is 0 Å². The molecule has 30 heavy (non-hydrogen) atoms. The second kappa shape index (κ2) is 10.7. The van der Waals surface area contributed by atoms with E-state index in [9.17, 15) is 18.0 Å². The normalized spacial score (nSPS) is 12.9. The summed E-state index contributed by atoms with van der Waals surface area (Å²) in [5.74, 6) is -1.27. The zero-order valence-corrected chi connectivity index (χ0v) is 20.1. The number of sulfonamides is 1. The first-order valence-electron chi connectivity index (χ1n) is 9.43. The van der Waals surface area contributed by atoms with Crippen molar-refractivity contribution < 1.29 is 27.5 Å². The molecule has 0 aromatic heterocycles. The lowest BCUT2D eigenvalue weighted by molar-refractivity contribution is -0.136. The van der Waals surface area contributed by atoms with Crippen LogP contribution in [0.2, 0.25) is 25.7 Å². The highest BCUT2D eigenvalue weighted by Gasteiger charge is 2.35. The highest BCUT2D eigenvalue weighted by atomic mass is 32.2. The fourth-order valence-corrected chi connectivity index (χ4v) is 7.38. The molecule has 0 saturated heterocycles. The van der Waals surface area contributed by atoms with Gasteiger partial charge >= 0.3 is 11.9 Å². The summed E-state index contributed by atoms with van der Waals surface area (Å²) in [6.07, 6.45) is 1.46. The number of ether oxygens (including phenoxy) is 2. The van der Waals surface area contributed by atoms with E-state index < -0.39 is 36.1 Å². The van der Waals surface area contributed by atoms with E-state index in [0.29, 0.717) is 17.2 Å². The summed E-state index contributed by atoms with van der Waals surface area (Å²) >= 11 is 0. The molecular weight excluding hydrogens is 422 g/mol. The van der Waals surface area contributed by atoms with Gasteiger partial charge in [-0.25, -0.2) is 18.0 Å². The molecule has 0 aliphatic heterocycles. The molecule has 1 rings (SSSR count). The molecule has 1 aromatic carbocycles. The van der Waals surface area contributed by atoms with Gasteiger partial charge in [0, 0.05) is 14.6 Å². The van der Waals surface area contributed by atoms with Crippen LogP contribution in [0.15, 0.2) is 49.1 Å². The summed E-state index contributed by atoms with van der Waals surface area (Å²) in [6, 6.07) is 5.76. The van der Waals surface area contributed by atoms with Crippen LogP contribution in [-0.4, -0.2) is 59.3 Å². The van der Waals surface area contributed by atoms with Crippen molar-refractivity contribution in [2.24, 2.45) is 0 Å². The van der Waals surface area contributed by atoms with Crippen LogP contribution >= 0.6 is 0 Å². The average molecular weight is 454 g/mol. The molecule has 0 aliphatic carbocycles. The first-order valence-corrected chi connectivity index (χ1v) is 14.8. The van der Waals surface area contributed by atoms with E-state index >= 15 is 0 Å². The fourth-order valence-electron chi connectivity index (χ4n) is 2.76. The first kappa shape index (κ1) is 25.8. The summed E-state index contributed by atoms with van der Waals surface area (Å²) in [7, 11) is -2.89. The number of carbonyl (C=O) groups is 2. The Morgan fingerprint density at radius 2 is 1.70 bits per heavy atom. The third kappa shape index (κ3) is 6.93. The summed E-state index contributed by atoms with van der Waals surface area (Å²) < 4.78 is 37.2. The smallest absolute Gasteiger partial charge is 0.337 e. The highest BCUT2D eigenvalue weighted by molar-refractivity contribution is 7.89. The second-order valence-electron chi connectivity index (χ2n) is 8.02. The number of hydrogen-bond acceptors (Lipinski definition) is 6. The van der Waals surface area contributed by atoms with Gasteiger partial charge in [-0.3, -0.25) is 0 Å². The van der Waals surface area contributed by atoms with E-state index in [0.717, 1.165) is 0 Å². The van der Waals surface area contributed by atoms with Gasteiger partial charge in [0.2, 0.25) is 10.0 Å². The van der Waals surface area contributed by atoms with Crippen molar-refractivity contribution in [1.82, 2.24) is 4.31 Å². The van der Waals surface area contributed by atoms with Crippen molar-refractivity contribution in [3.63, 3.8) is 0 Å². The number of nitrogens with zero attached hydrogens (tertiary/aromatic N) is 1. The third-order valence-electron chi connectivity index (χ3n) is 4.49. The Morgan fingerprint density at radius 3 is 2.13 bits per heavy atom. The molecule has 0 spiro atoms. The maximum absolute atomic E-state index is 13.3. The Kier molecular flexibility index (Phi) is 9.20. The van der Waals surface area contributed by atoms with Gasteiger partial charge in [-0.1, -0.05) is 44.4 Å². The number of benzene rings is 1. The zero-order valence-electron chi connectivity index (χ0n) is 18.3. The molecular formula is C21H31NO6SSi. The first-order chi connectivity index (χ1) is 13.9. The van der Waals surface area contributed by atoms with Crippen LogP contribution < -0.4 is 0 Å². The molecule has 0 fully saturated rings. The van der Waals surface area contributed by atoms with E-state index in [-0.39, 0.29) is 17.9 Å². The summed E-state index contributed by atoms with van der Waals surface area (Å²) in [5.41, 5.74) is 0.763. The summed E-state index contributed by atoms with van der Waals surface area (Å²) in [4.78, 5) is 24.0. The van der Waals surface area contributed by atoms with Gasteiger partial charge in [-0.05, 0) is 23.7 Å². The molecule has 1 aromatic rings. The maximum atomic E-state index is 13.3. The minimum atomic E-state index is -3.75. The molecule has 9 heteroatoms. The Balaban J connectivity index is 3.49. The lowest BCUT2D eigenvalue weighted by atomic mass is 9.98. The molecule has 1 atom stereocenters. The molecule has 0 radical (unpaired) electrons. The predicted molar refractivity (Wildman–Crippen MR) is 121 cm³/mol. The van der Waals surface area contributed by atoms with E-state index in [1.165, 1.54) is 36.7 Å². The quantitative estimate of drug-likeness (QED) is 0.221. The van der Waals surface area contributed by atoms with Crippen LogP contribution in [0.3, 0.4) is 0 Å². The Bertz CT molecular complexity index is 887. The number of esters is 2. The van der Waals surface area contributed by atoms with E-state index in [2.05, 4.69) is 32.8 Å². The number of methoxy groups -OCH3 is 2. The fraction of sp³-hybridized carbons (Fsp3) is 0.429. The van der Waals surface area contributed by atoms with Crippen LogP contribution in [0, 0.1) is 0 Å². The number of hydrogen-bond donors (Lipinski definition) is 0. The Labute approximate surface area is 180 Å². The van der Waals surface area contributed by atoms with Crippen molar-refractivity contribution in [3.8, 4) is 0 Å². The standard InChI is InChI=1S/C21H31NO6SSi/c1-8-13-22(29(25,26)14-15-30(5,6)7)19(16(2)20(23)27-3)17-9-11-18(12-10-17)21(24)28-4/h8-12,19H,1-2,13-15H2,3-7H3. The largest absolute Gasteiger partial charge is 0.466 e. The van der Waals surface area contributed by atoms with Crippen molar-refractivity contribution >= 4 is 30.0 Å². The molecule has 0 heterocycles. The number of rotatable bonds is 11. The van der Waals surface area contributed by atoms with Crippen molar-refractivity contribution in [2.75, 3.05) is 26.5 Å². The molecule has 7 nitrogen and oxygen atoms in total. The van der Waals surface area contributed by atoms with Gasteiger partial charge in [0.1, 0.15) is 0 Å². The third-order valence-corrected chi connectivity index (χ3v) is 8.40. The minimum absolute atomic E-state index is 0.00648. The van der Waals surface area contributed by atoms with Gasteiger partial charge in [0.25, 0.3) is 0 Å². The lowest BCUT2D eigenvalue weighted by Crippen LogP contribution is -2.40. The topological polar surface area (TPSA) is 90.0 Å². The molecule has 0 aliphatic rings. The van der Waals surface area contributed by atoms with Gasteiger partial charge < -0.3 is 9.47 Å². The monoisotopic (exact) mass is 453 g/mol. The molecule has 0 N–H and O–H groups in total. The van der Waals surface area contributed by atoms with Crippen molar-refractivity contribution in [2.45, 2.75) is 31.7 Å². The van der Waals surface area contributed by atoms with Crippen LogP contribution in [-0.2, 0) is 24.3 Å². The van der Waals surface area contributed by atoms with Gasteiger partial charge in [-0.2, -0.15) is 4.31 Å². The van der Waals surface area contributed by atoms with E-state index in [4.69, 9.17) is 9.47 Å². The molecule has 166 valence electrons. The van der Waals surface area contributed by atoms with Gasteiger partial charge in [-0.15, -0.1) is 6.58 Å². The summed E-state index contributed by atoms with van der Waals surface area (Å²) in [6.45, 7) is 13.7. The van der Waals surface area contributed by atoms with Crippen LogP contribution in [0.4, 0.5) is 0 Å². The number of carbonyl (C=O) groups excluding carboxylic acids is 2. The molecule has 0 saturated carbocycles. The molecule has 0 bridgehead atoms. The summed E-state index contributed by atoms with van der Waals surface area (Å²) in [5, 5.41) is 0. The second-order valence-corrected chi connectivity index (χ2v) is 15.7. The van der Waals surface area contributed by atoms with Crippen molar-refractivity contribution in [1.29, 1.82) is 0 Å². The average Bonchev–Trinajstić information content (AvgIpc) is 2.70. The predicted octanol–water partition coefficient (Wildman–Crippen LogP) is 3.40. The highest BCUT2D eigenvalue weighted by Crippen LogP contribution is 2.32. The van der Waals surface area contributed by atoms with Crippen LogP contribution in [0.5, 0.6) is 0 Å². The van der Waals surface area contributed by atoms with Crippen LogP contribution in [0.25, 0.3) is 0 Å². The maximum Gasteiger partial charge on any atom is 0.337 e. The van der Waals surface area contributed by atoms with E-state index in [1.54, 1.807) is 12.1 Å². The minimum Gasteiger partial charge on any atom is -0.466 e. The van der Waals surface area contributed by atoms with Gasteiger partial charge in [0.05, 0.1) is 37.2 Å². The zero-order chi connectivity index (χ0) is 23.1. The van der Waals surface area contributed by atoms with Crippen LogP contribution in [0.1, 0.15) is 22.0 Å². The SMILES string of the molecule is C=CCN(C(C(=C)C(=O)OC)c1ccc(C(=O)OC)cc1)S(=O)(=O)CC[Si](C)(C)C. The molecule has 0 amide bonds. The molecule has 1 unspecified atom stereocenters. The Hall–Kier alpha value is -2.23. The lowest BCUT2D eigenvalue weighted by Gasteiger charge is -2.32. The van der Waals surface area contributed by atoms with Crippen molar-refractivity contribution in [3.05, 3.63) is 60.2 Å². The van der Waals surface area contributed by atoms with E-state index in [1.807, 2.05) is 0 Å².